The van der Waals surface area contributed by atoms with Crippen molar-refractivity contribution in [3.63, 3.8) is 0 Å². The van der Waals surface area contributed by atoms with E-state index in [1.165, 1.54) is 0 Å². The monoisotopic (exact) mass is 268 g/mol. The number of para-hydroxylation sites is 1. The van der Waals surface area contributed by atoms with Crippen LogP contribution in [0.4, 0.5) is 0 Å². The lowest BCUT2D eigenvalue weighted by Gasteiger charge is -2.16. The van der Waals surface area contributed by atoms with Gasteiger partial charge in [0.15, 0.2) is 0 Å². The van der Waals surface area contributed by atoms with Crippen LogP contribution in [0.2, 0.25) is 0 Å². The number of rotatable bonds is 3. The largest absolute Gasteiger partial charge is 0.491 e. The molecule has 20 heavy (non-hydrogen) atoms. The smallest absolute Gasteiger partial charge is 0.242 e. The molecule has 1 unspecified atom stereocenters. The molecule has 0 aliphatic carbocycles. The lowest BCUT2D eigenvalue weighted by atomic mass is 10.1. The zero-order valence-corrected chi connectivity index (χ0v) is 11.0. The number of amides is 1. The summed E-state index contributed by atoms with van der Waals surface area (Å²) in [6.07, 6.45) is 0. The van der Waals surface area contributed by atoms with Crippen LogP contribution in [-0.2, 0) is 4.79 Å². The van der Waals surface area contributed by atoms with Crippen LogP contribution in [0.5, 0.6) is 5.75 Å². The molecule has 0 fully saturated rings. The molecule has 4 heteroatoms. The Bertz CT molecular complexity index is 613. The van der Waals surface area contributed by atoms with Gasteiger partial charge in [-0.2, -0.15) is 0 Å². The number of nitrogens with one attached hydrogen (secondary N) is 1. The third-order valence-electron chi connectivity index (χ3n) is 3.46. The van der Waals surface area contributed by atoms with E-state index in [9.17, 15) is 4.79 Å². The Hall–Kier alpha value is -2.33. The van der Waals surface area contributed by atoms with Crippen molar-refractivity contribution in [2.45, 2.75) is 12.1 Å². The van der Waals surface area contributed by atoms with Crippen LogP contribution in [-0.4, -0.2) is 12.5 Å². The predicted molar refractivity (Wildman–Crippen MR) is 76.2 cm³/mol. The number of nitrogens with two attached hydrogens (primary N) is 1. The minimum Gasteiger partial charge on any atom is -0.491 e. The van der Waals surface area contributed by atoms with Crippen LogP contribution in [0.25, 0.3) is 0 Å². The fourth-order valence-corrected chi connectivity index (χ4v) is 2.36. The number of benzene rings is 2. The maximum Gasteiger partial charge on any atom is 0.242 e. The second kappa shape index (κ2) is 5.35. The Kier molecular flexibility index (Phi) is 3.39. The van der Waals surface area contributed by atoms with Crippen molar-refractivity contribution in [1.82, 2.24) is 5.32 Å². The quantitative estimate of drug-likeness (QED) is 0.894. The second-order valence-corrected chi connectivity index (χ2v) is 4.80. The van der Waals surface area contributed by atoms with Crippen molar-refractivity contribution in [3.8, 4) is 5.75 Å². The summed E-state index contributed by atoms with van der Waals surface area (Å²) in [4.78, 5) is 12.2. The van der Waals surface area contributed by atoms with Crippen LogP contribution >= 0.6 is 0 Å². The molecule has 102 valence electrons. The van der Waals surface area contributed by atoms with Gasteiger partial charge in [-0.1, -0.05) is 48.5 Å². The maximum absolute atomic E-state index is 12.2. The van der Waals surface area contributed by atoms with Gasteiger partial charge in [0.25, 0.3) is 0 Å². The van der Waals surface area contributed by atoms with E-state index in [-0.39, 0.29) is 11.9 Å². The third kappa shape index (κ3) is 2.38. The van der Waals surface area contributed by atoms with Gasteiger partial charge in [0.05, 0.1) is 6.04 Å². The van der Waals surface area contributed by atoms with Crippen molar-refractivity contribution < 1.29 is 9.53 Å². The molecule has 3 N–H and O–H groups in total. The molecule has 1 aliphatic rings. The zero-order valence-electron chi connectivity index (χ0n) is 11.0. The van der Waals surface area contributed by atoms with Gasteiger partial charge in [-0.3, -0.25) is 4.79 Å². The van der Waals surface area contributed by atoms with Gasteiger partial charge in [-0.15, -0.1) is 0 Å². The molecule has 4 nitrogen and oxygen atoms in total. The van der Waals surface area contributed by atoms with Gasteiger partial charge >= 0.3 is 0 Å². The number of carbonyl (C=O) groups excluding carboxylic acids is 1. The molecule has 0 radical (unpaired) electrons. The molecular weight excluding hydrogens is 252 g/mol. The standard InChI is InChI=1S/C16H16N2O2/c17-15(11-6-2-1-3-7-11)16(19)18-13-10-20-14-9-5-4-8-12(13)14/h1-9,13,15H,10,17H2,(H,18,19)/t13?,15-/m1/s1. The summed E-state index contributed by atoms with van der Waals surface area (Å²) >= 11 is 0. The van der Waals surface area contributed by atoms with Crippen molar-refractivity contribution in [3.05, 3.63) is 65.7 Å². The minimum atomic E-state index is -0.663. The Morgan fingerprint density at radius 2 is 1.85 bits per heavy atom. The van der Waals surface area contributed by atoms with E-state index in [1.807, 2.05) is 54.6 Å². The molecule has 0 bridgehead atoms. The summed E-state index contributed by atoms with van der Waals surface area (Å²) in [5.41, 5.74) is 7.79. The highest BCUT2D eigenvalue weighted by atomic mass is 16.5. The molecule has 2 aromatic carbocycles. The number of ether oxygens (including phenoxy) is 1. The summed E-state index contributed by atoms with van der Waals surface area (Å²) < 4.78 is 5.54. The molecule has 0 saturated heterocycles. The summed E-state index contributed by atoms with van der Waals surface area (Å²) in [6, 6.07) is 16.3. The van der Waals surface area contributed by atoms with Crippen LogP contribution < -0.4 is 15.8 Å². The van der Waals surface area contributed by atoms with E-state index in [1.54, 1.807) is 0 Å². The molecule has 2 aromatic rings. The third-order valence-corrected chi connectivity index (χ3v) is 3.46. The highest BCUT2D eigenvalue weighted by Gasteiger charge is 2.27. The summed E-state index contributed by atoms with van der Waals surface area (Å²) in [7, 11) is 0. The van der Waals surface area contributed by atoms with Crippen LogP contribution in [0.1, 0.15) is 23.2 Å². The van der Waals surface area contributed by atoms with E-state index in [0.29, 0.717) is 6.61 Å². The van der Waals surface area contributed by atoms with E-state index >= 15 is 0 Å². The van der Waals surface area contributed by atoms with E-state index in [4.69, 9.17) is 10.5 Å². The van der Waals surface area contributed by atoms with Crippen molar-refractivity contribution >= 4 is 5.91 Å². The van der Waals surface area contributed by atoms with Crippen LogP contribution in [0.15, 0.2) is 54.6 Å². The molecule has 0 spiro atoms. The molecule has 2 atom stereocenters. The van der Waals surface area contributed by atoms with Gasteiger partial charge in [0.2, 0.25) is 5.91 Å². The molecule has 3 rings (SSSR count). The Balaban J connectivity index is 1.72. The normalized spacial score (nSPS) is 17.9. The first-order chi connectivity index (χ1) is 9.75. The Morgan fingerprint density at radius 1 is 1.15 bits per heavy atom. The van der Waals surface area contributed by atoms with Crippen molar-refractivity contribution in [1.29, 1.82) is 0 Å². The van der Waals surface area contributed by atoms with Gasteiger partial charge in [-0.25, -0.2) is 0 Å². The topological polar surface area (TPSA) is 64.4 Å². The highest BCUT2D eigenvalue weighted by Crippen LogP contribution is 2.31. The SMILES string of the molecule is N[C@@H](C(=O)NC1COc2ccccc21)c1ccccc1. The number of fused-ring (bicyclic) bond motifs is 1. The fraction of sp³-hybridized carbons (Fsp3) is 0.188. The van der Waals surface area contributed by atoms with E-state index in [2.05, 4.69) is 5.32 Å². The Labute approximate surface area is 117 Å². The van der Waals surface area contributed by atoms with E-state index in [0.717, 1.165) is 16.9 Å². The predicted octanol–water partition coefficient (Wildman–Crippen LogP) is 1.94. The van der Waals surface area contributed by atoms with Gasteiger partial charge in [-0.05, 0) is 11.6 Å². The minimum absolute atomic E-state index is 0.131. The average molecular weight is 268 g/mol. The molecule has 0 saturated carbocycles. The van der Waals surface area contributed by atoms with Crippen LogP contribution in [0.3, 0.4) is 0 Å². The average Bonchev–Trinajstić information content (AvgIpc) is 2.91. The van der Waals surface area contributed by atoms with Gasteiger partial charge in [0.1, 0.15) is 18.4 Å². The van der Waals surface area contributed by atoms with Gasteiger partial charge in [0, 0.05) is 5.56 Å². The Morgan fingerprint density at radius 3 is 2.65 bits per heavy atom. The molecular formula is C16H16N2O2. The van der Waals surface area contributed by atoms with Crippen molar-refractivity contribution in [2.24, 2.45) is 5.73 Å². The molecule has 1 amide bonds. The fourth-order valence-electron chi connectivity index (χ4n) is 2.36. The summed E-state index contributed by atoms with van der Waals surface area (Å²) in [5.74, 6) is 0.632. The second-order valence-electron chi connectivity index (χ2n) is 4.80. The zero-order chi connectivity index (χ0) is 13.9. The first-order valence-corrected chi connectivity index (χ1v) is 6.58. The number of hydrogen-bond donors (Lipinski definition) is 2. The van der Waals surface area contributed by atoms with E-state index < -0.39 is 6.04 Å². The van der Waals surface area contributed by atoms with Crippen molar-refractivity contribution in [2.75, 3.05) is 6.61 Å². The highest BCUT2D eigenvalue weighted by molar-refractivity contribution is 5.83. The lowest BCUT2D eigenvalue weighted by Crippen LogP contribution is -2.37. The lowest BCUT2D eigenvalue weighted by molar-refractivity contribution is -0.123. The summed E-state index contributed by atoms with van der Waals surface area (Å²) in [5, 5.41) is 2.94. The van der Waals surface area contributed by atoms with Gasteiger partial charge < -0.3 is 15.8 Å². The molecule has 1 heterocycles. The first kappa shape index (κ1) is 12.7. The first-order valence-electron chi connectivity index (χ1n) is 6.58. The van der Waals surface area contributed by atoms with Crippen LogP contribution in [0, 0.1) is 0 Å². The number of carbonyl (C=O) groups is 1. The molecule has 1 aliphatic heterocycles. The summed E-state index contributed by atoms with van der Waals surface area (Å²) in [6.45, 7) is 0.451. The maximum atomic E-state index is 12.2. The molecule has 0 aromatic heterocycles. The number of hydrogen-bond acceptors (Lipinski definition) is 3.